The smallest absolute Gasteiger partial charge is 0.308 e. The monoisotopic (exact) mass is 206 g/mol. The third-order valence-corrected chi connectivity index (χ3v) is 3.39. The Morgan fingerprint density at radius 1 is 1.46 bits per heavy atom. The van der Waals surface area contributed by atoms with Gasteiger partial charge in [0.25, 0.3) is 0 Å². The average Bonchev–Trinajstić information content (AvgIpc) is 1.92. The summed E-state index contributed by atoms with van der Waals surface area (Å²) in [6.07, 6.45) is 2.53. The fourth-order valence-electron chi connectivity index (χ4n) is 1.66. The van der Waals surface area contributed by atoms with E-state index in [4.69, 9.17) is 0 Å². The molecule has 1 fully saturated rings. The first-order chi connectivity index (χ1) is 5.92. The van der Waals surface area contributed by atoms with Crippen LogP contribution in [0.3, 0.4) is 0 Å². The molecule has 0 aliphatic heterocycles. The highest BCUT2D eigenvalue weighted by Gasteiger charge is 2.36. The van der Waals surface area contributed by atoms with E-state index < -0.39 is 9.84 Å². The van der Waals surface area contributed by atoms with E-state index in [9.17, 15) is 13.2 Å². The van der Waals surface area contributed by atoms with Crippen LogP contribution >= 0.6 is 0 Å². The van der Waals surface area contributed by atoms with Gasteiger partial charge in [-0.05, 0) is 18.8 Å². The van der Waals surface area contributed by atoms with Crippen LogP contribution in [0.5, 0.6) is 0 Å². The van der Waals surface area contributed by atoms with Gasteiger partial charge in [-0.15, -0.1) is 0 Å². The van der Waals surface area contributed by atoms with Crippen molar-refractivity contribution >= 4 is 15.8 Å². The Bertz CT molecular complexity index is 287. The Balaban J connectivity index is 2.30. The van der Waals surface area contributed by atoms with E-state index in [0.29, 0.717) is 12.8 Å². The van der Waals surface area contributed by atoms with Crippen molar-refractivity contribution in [3.63, 3.8) is 0 Å². The second kappa shape index (κ2) is 3.65. The quantitative estimate of drug-likeness (QED) is 0.620. The number of esters is 1. The maximum absolute atomic E-state index is 10.9. The van der Waals surface area contributed by atoms with E-state index in [-0.39, 0.29) is 23.6 Å². The van der Waals surface area contributed by atoms with E-state index in [1.54, 1.807) is 0 Å². The van der Waals surface area contributed by atoms with Gasteiger partial charge in [0.05, 0.1) is 18.8 Å². The Kier molecular flexibility index (Phi) is 2.95. The molecule has 0 aromatic carbocycles. The molecule has 0 atom stereocenters. The largest absolute Gasteiger partial charge is 0.469 e. The van der Waals surface area contributed by atoms with Crippen LogP contribution in [0, 0.1) is 11.8 Å². The summed E-state index contributed by atoms with van der Waals surface area (Å²) in [4.78, 5) is 10.9. The lowest BCUT2D eigenvalue weighted by atomic mass is 9.76. The number of hydrogen-bond donors (Lipinski definition) is 0. The van der Waals surface area contributed by atoms with Gasteiger partial charge in [-0.1, -0.05) is 0 Å². The van der Waals surface area contributed by atoms with Crippen LogP contribution in [0.1, 0.15) is 12.8 Å². The van der Waals surface area contributed by atoms with Crippen molar-refractivity contribution in [2.24, 2.45) is 11.8 Å². The van der Waals surface area contributed by atoms with Crippen molar-refractivity contribution in [3.05, 3.63) is 0 Å². The fourth-order valence-corrected chi connectivity index (χ4v) is 2.79. The molecule has 0 aromatic heterocycles. The third-order valence-electron chi connectivity index (χ3n) is 2.31. The number of sulfone groups is 1. The molecule has 1 aliphatic rings. The first-order valence-electron chi connectivity index (χ1n) is 4.18. The van der Waals surface area contributed by atoms with Crippen molar-refractivity contribution in [1.82, 2.24) is 0 Å². The van der Waals surface area contributed by atoms with Gasteiger partial charge < -0.3 is 4.74 Å². The van der Waals surface area contributed by atoms with Crippen LogP contribution in [-0.4, -0.2) is 33.5 Å². The molecule has 0 N–H and O–H groups in total. The van der Waals surface area contributed by atoms with Crippen molar-refractivity contribution in [3.8, 4) is 0 Å². The SMILES string of the molecule is COC(=O)C1CC(CS(C)(=O)=O)C1. The molecule has 0 unspecified atom stereocenters. The second-order valence-electron chi connectivity index (χ2n) is 3.65. The lowest BCUT2D eigenvalue weighted by Gasteiger charge is -2.32. The molecule has 0 heterocycles. The maximum Gasteiger partial charge on any atom is 0.308 e. The van der Waals surface area contributed by atoms with Gasteiger partial charge >= 0.3 is 5.97 Å². The summed E-state index contributed by atoms with van der Waals surface area (Å²) >= 11 is 0. The number of ether oxygens (including phenoxy) is 1. The zero-order chi connectivity index (χ0) is 10.1. The standard InChI is InChI=1S/C8H14O4S/c1-12-8(9)7-3-6(4-7)5-13(2,10)11/h6-7H,3-5H2,1-2H3. The fraction of sp³-hybridized carbons (Fsp3) is 0.875. The van der Waals surface area contributed by atoms with Gasteiger partial charge in [-0.3, -0.25) is 4.79 Å². The molecule has 1 rings (SSSR count). The number of hydrogen-bond acceptors (Lipinski definition) is 4. The highest BCUT2D eigenvalue weighted by atomic mass is 32.2. The third kappa shape index (κ3) is 2.99. The van der Waals surface area contributed by atoms with Crippen LogP contribution < -0.4 is 0 Å². The molecule has 0 bridgehead atoms. The Morgan fingerprint density at radius 2 is 2.00 bits per heavy atom. The van der Waals surface area contributed by atoms with Crippen LogP contribution in [0.2, 0.25) is 0 Å². The molecule has 4 nitrogen and oxygen atoms in total. The predicted octanol–water partition coefficient (Wildman–Crippen LogP) is 0.230. The number of carbonyl (C=O) groups excluding carboxylic acids is 1. The summed E-state index contributed by atoms with van der Waals surface area (Å²) in [5.41, 5.74) is 0. The zero-order valence-electron chi connectivity index (χ0n) is 7.82. The van der Waals surface area contributed by atoms with Crippen LogP contribution in [0.4, 0.5) is 0 Å². The molecule has 1 saturated carbocycles. The lowest BCUT2D eigenvalue weighted by molar-refractivity contribution is -0.149. The predicted molar refractivity (Wildman–Crippen MR) is 47.9 cm³/mol. The van der Waals surface area contributed by atoms with Crippen molar-refractivity contribution in [1.29, 1.82) is 0 Å². The minimum absolute atomic E-state index is 0.0725. The van der Waals surface area contributed by atoms with E-state index >= 15 is 0 Å². The Hall–Kier alpha value is -0.580. The summed E-state index contributed by atoms with van der Waals surface area (Å²) in [6, 6.07) is 0. The summed E-state index contributed by atoms with van der Waals surface area (Å²) in [6.45, 7) is 0. The minimum Gasteiger partial charge on any atom is -0.469 e. The Morgan fingerprint density at radius 3 is 2.38 bits per heavy atom. The van der Waals surface area contributed by atoms with Gasteiger partial charge in [0.15, 0.2) is 0 Å². The number of carbonyl (C=O) groups is 1. The second-order valence-corrected chi connectivity index (χ2v) is 5.83. The number of rotatable bonds is 3. The molecule has 13 heavy (non-hydrogen) atoms. The molecular formula is C8H14O4S. The molecule has 0 radical (unpaired) electrons. The molecule has 5 heteroatoms. The molecule has 0 amide bonds. The van der Waals surface area contributed by atoms with Gasteiger partial charge in [0, 0.05) is 6.26 Å². The van der Waals surface area contributed by atoms with Crippen molar-refractivity contribution in [2.75, 3.05) is 19.1 Å². The topological polar surface area (TPSA) is 60.4 Å². The van der Waals surface area contributed by atoms with Gasteiger partial charge in [-0.25, -0.2) is 8.42 Å². The summed E-state index contributed by atoms with van der Waals surface area (Å²) in [7, 11) is -1.54. The van der Waals surface area contributed by atoms with Gasteiger partial charge in [-0.2, -0.15) is 0 Å². The summed E-state index contributed by atoms with van der Waals surface area (Å²) < 4.78 is 26.3. The van der Waals surface area contributed by atoms with E-state index in [1.807, 2.05) is 0 Å². The lowest BCUT2D eigenvalue weighted by Crippen LogP contribution is -2.35. The summed E-state index contributed by atoms with van der Waals surface area (Å²) in [5, 5.41) is 0. The first-order valence-corrected chi connectivity index (χ1v) is 6.24. The van der Waals surface area contributed by atoms with Gasteiger partial charge in [0.1, 0.15) is 9.84 Å². The van der Waals surface area contributed by atoms with Crippen molar-refractivity contribution < 1.29 is 17.9 Å². The Labute approximate surface area is 78.2 Å². The molecule has 76 valence electrons. The highest BCUT2D eigenvalue weighted by Crippen LogP contribution is 2.35. The first kappa shape index (κ1) is 10.5. The molecule has 0 aromatic rings. The molecule has 0 saturated heterocycles. The highest BCUT2D eigenvalue weighted by molar-refractivity contribution is 7.90. The summed E-state index contributed by atoms with van der Waals surface area (Å²) in [5.74, 6) is 0.0566. The van der Waals surface area contributed by atoms with Crippen LogP contribution in [-0.2, 0) is 19.4 Å². The zero-order valence-corrected chi connectivity index (χ0v) is 8.63. The number of methoxy groups -OCH3 is 1. The molecule has 0 spiro atoms. The van der Waals surface area contributed by atoms with Gasteiger partial charge in [0.2, 0.25) is 0 Å². The maximum atomic E-state index is 10.9. The van der Waals surface area contributed by atoms with Crippen molar-refractivity contribution in [2.45, 2.75) is 12.8 Å². The van der Waals surface area contributed by atoms with Crippen LogP contribution in [0.15, 0.2) is 0 Å². The van der Waals surface area contributed by atoms with E-state index in [2.05, 4.69) is 4.74 Å². The molecule has 1 aliphatic carbocycles. The van der Waals surface area contributed by atoms with Crippen LogP contribution in [0.25, 0.3) is 0 Å². The minimum atomic E-state index is -2.89. The normalized spacial score (nSPS) is 27.8. The van der Waals surface area contributed by atoms with E-state index in [1.165, 1.54) is 13.4 Å². The molecular weight excluding hydrogens is 192 g/mol. The average molecular weight is 206 g/mol. The van der Waals surface area contributed by atoms with E-state index in [0.717, 1.165) is 0 Å².